The lowest BCUT2D eigenvalue weighted by Gasteiger charge is -2.28. The maximum Gasteiger partial charge on any atom is 0.119 e. The molecule has 4 rings (SSSR count). The third-order valence-electron chi connectivity index (χ3n) is 7.60. The van der Waals surface area contributed by atoms with E-state index in [1.165, 1.54) is 44.1 Å². The monoisotopic (exact) mass is 476 g/mol. The van der Waals surface area contributed by atoms with Crippen LogP contribution in [0, 0.1) is 28.6 Å². The highest BCUT2D eigenvalue weighted by molar-refractivity contribution is 5.82. The minimum atomic E-state index is 0.424. The Morgan fingerprint density at radius 2 is 1.28 bits per heavy atom. The number of nitrogens with zero attached hydrogens (tertiary/aromatic N) is 2. The second kappa shape index (κ2) is 12.4. The van der Waals surface area contributed by atoms with Gasteiger partial charge in [0, 0.05) is 11.1 Å². The molecule has 1 fully saturated rings. The summed E-state index contributed by atoms with van der Waals surface area (Å²) in [6.07, 6.45) is 9.95. The van der Waals surface area contributed by atoms with Gasteiger partial charge in [0.25, 0.3) is 0 Å². The summed E-state index contributed by atoms with van der Waals surface area (Å²) >= 11 is 0. The van der Waals surface area contributed by atoms with E-state index in [2.05, 4.69) is 50.3 Å². The van der Waals surface area contributed by atoms with Crippen LogP contribution in [0.25, 0.3) is 22.3 Å². The van der Waals surface area contributed by atoms with Crippen LogP contribution in [-0.2, 0) is 0 Å². The molecular formula is C33H36N2O. The first-order valence-corrected chi connectivity index (χ1v) is 13.5. The molecule has 0 N–H and O–H groups in total. The molecule has 3 heteroatoms. The Morgan fingerprint density at radius 1 is 0.722 bits per heavy atom. The molecule has 3 nitrogen and oxygen atoms in total. The highest BCUT2D eigenvalue weighted by atomic mass is 16.5. The maximum absolute atomic E-state index is 10.0. The molecule has 1 aliphatic rings. The highest BCUT2D eigenvalue weighted by Crippen LogP contribution is 2.39. The summed E-state index contributed by atoms with van der Waals surface area (Å²) in [5, 5.41) is 20.0. The lowest BCUT2D eigenvalue weighted by atomic mass is 9.77. The first-order valence-electron chi connectivity index (χ1n) is 13.5. The van der Waals surface area contributed by atoms with Gasteiger partial charge in [-0.3, -0.25) is 0 Å². The predicted molar refractivity (Wildman–Crippen MR) is 147 cm³/mol. The Balaban J connectivity index is 1.56. The molecular weight excluding hydrogens is 440 g/mol. The van der Waals surface area contributed by atoms with Crippen molar-refractivity contribution in [3.05, 3.63) is 77.4 Å². The minimum absolute atomic E-state index is 0.424. The number of rotatable bonds is 9. The average Bonchev–Trinajstić information content (AvgIpc) is 2.93. The number of ether oxygens (including phenoxy) is 1. The van der Waals surface area contributed by atoms with Gasteiger partial charge < -0.3 is 4.74 Å². The molecule has 0 aromatic heterocycles. The van der Waals surface area contributed by atoms with Crippen molar-refractivity contribution in [2.45, 2.75) is 71.1 Å². The van der Waals surface area contributed by atoms with E-state index >= 15 is 0 Å². The molecule has 1 aliphatic carbocycles. The summed E-state index contributed by atoms with van der Waals surface area (Å²) in [4.78, 5) is 0. The number of hydrogen-bond acceptors (Lipinski definition) is 3. The Bertz CT molecular complexity index is 1220. The van der Waals surface area contributed by atoms with E-state index in [9.17, 15) is 10.5 Å². The van der Waals surface area contributed by atoms with Gasteiger partial charge in [-0.25, -0.2) is 0 Å². The van der Waals surface area contributed by atoms with Crippen LogP contribution < -0.4 is 4.74 Å². The molecule has 0 amide bonds. The van der Waals surface area contributed by atoms with Crippen LogP contribution in [0.4, 0.5) is 0 Å². The van der Waals surface area contributed by atoms with Gasteiger partial charge in [-0.2, -0.15) is 10.5 Å². The van der Waals surface area contributed by atoms with Gasteiger partial charge in [0.2, 0.25) is 0 Å². The van der Waals surface area contributed by atoms with Crippen LogP contribution in [-0.4, -0.2) is 6.61 Å². The lowest BCUT2D eigenvalue weighted by Crippen LogP contribution is -2.13. The van der Waals surface area contributed by atoms with E-state index < -0.39 is 0 Å². The lowest BCUT2D eigenvalue weighted by molar-refractivity contribution is 0.308. The molecule has 0 unspecified atom stereocenters. The van der Waals surface area contributed by atoms with Gasteiger partial charge >= 0.3 is 0 Å². The zero-order chi connectivity index (χ0) is 25.3. The van der Waals surface area contributed by atoms with E-state index in [4.69, 9.17) is 4.74 Å². The first kappa shape index (κ1) is 25.5. The van der Waals surface area contributed by atoms with Gasteiger partial charge in [-0.1, -0.05) is 81.6 Å². The third kappa shape index (κ3) is 5.80. The second-order valence-electron chi connectivity index (χ2n) is 9.99. The highest BCUT2D eigenvalue weighted by Gasteiger charge is 2.22. The molecule has 184 valence electrons. The van der Waals surface area contributed by atoms with E-state index in [1.54, 1.807) is 0 Å². The summed E-state index contributed by atoms with van der Waals surface area (Å²) in [6.45, 7) is 5.12. The Labute approximate surface area is 216 Å². The largest absolute Gasteiger partial charge is 0.494 e. The first-order chi connectivity index (χ1) is 17.7. The second-order valence-corrected chi connectivity index (χ2v) is 9.99. The summed E-state index contributed by atoms with van der Waals surface area (Å²) in [7, 11) is 0. The molecule has 0 atom stereocenters. The van der Waals surface area contributed by atoms with E-state index in [0.717, 1.165) is 46.8 Å². The molecule has 3 aromatic carbocycles. The van der Waals surface area contributed by atoms with Crippen LogP contribution in [0.2, 0.25) is 0 Å². The number of nitriles is 2. The fourth-order valence-corrected chi connectivity index (χ4v) is 5.51. The van der Waals surface area contributed by atoms with Crippen molar-refractivity contribution in [1.82, 2.24) is 0 Å². The van der Waals surface area contributed by atoms with Crippen molar-refractivity contribution in [3.8, 4) is 40.1 Å². The van der Waals surface area contributed by atoms with Crippen molar-refractivity contribution in [3.63, 3.8) is 0 Å². The Kier molecular flexibility index (Phi) is 8.80. The van der Waals surface area contributed by atoms with Crippen LogP contribution in [0.15, 0.2) is 60.7 Å². The fraction of sp³-hybridized carbons (Fsp3) is 0.394. The van der Waals surface area contributed by atoms with Gasteiger partial charge in [-0.15, -0.1) is 0 Å². The summed E-state index contributed by atoms with van der Waals surface area (Å²) in [5.74, 6) is 2.35. The number of hydrogen-bond donors (Lipinski definition) is 0. The molecule has 0 heterocycles. The Morgan fingerprint density at radius 3 is 1.78 bits per heavy atom. The van der Waals surface area contributed by atoms with Crippen molar-refractivity contribution in [2.24, 2.45) is 5.92 Å². The maximum atomic E-state index is 10.0. The van der Waals surface area contributed by atoms with Crippen LogP contribution in [0.5, 0.6) is 5.75 Å². The number of unbranched alkanes of at least 4 members (excludes halogenated alkanes) is 1. The van der Waals surface area contributed by atoms with E-state index in [1.807, 2.05) is 36.4 Å². The minimum Gasteiger partial charge on any atom is -0.494 e. The Hall–Kier alpha value is -3.56. The molecule has 1 saturated carbocycles. The fourth-order valence-electron chi connectivity index (χ4n) is 5.51. The van der Waals surface area contributed by atoms with Gasteiger partial charge in [0.15, 0.2) is 0 Å². The van der Waals surface area contributed by atoms with Crippen molar-refractivity contribution in [2.75, 3.05) is 6.61 Å². The molecule has 0 radical (unpaired) electrons. The van der Waals surface area contributed by atoms with E-state index in [0.29, 0.717) is 23.7 Å². The zero-order valence-corrected chi connectivity index (χ0v) is 21.6. The van der Waals surface area contributed by atoms with Crippen LogP contribution in [0.1, 0.15) is 87.8 Å². The smallest absolute Gasteiger partial charge is 0.119 e. The molecule has 0 bridgehead atoms. The van der Waals surface area contributed by atoms with Gasteiger partial charge in [-0.05, 0) is 72.8 Å². The summed E-state index contributed by atoms with van der Waals surface area (Å²) in [5.41, 5.74) is 5.74. The average molecular weight is 477 g/mol. The van der Waals surface area contributed by atoms with Gasteiger partial charge in [0.05, 0.1) is 17.7 Å². The molecule has 0 spiro atoms. The number of benzene rings is 3. The predicted octanol–water partition coefficient (Wildman–Crippen LogP) is 9.02. The topological polar surface area (TPSA) is 56.8 Å². The molecule has 0 aliphatic heterocycles. The molecule has 3 aromatic rings. The molecule has 0 saturated heterocycles. The van der Waals surface area contributed by atoms with Crippen molar-refractivity contribution < 1.29 is 4.74 Å². The zero-order valence-electron chi connectivity index (χ0n) is 21.6. The van der Waals surface area contributed by atoms with E-state index in [-0.39, 0.29) is 0 Å². The quantitative estimate of drug-likeness (QED) is 0.289. The summed E-state index contributed by atoms with van der Waals surface area (Å²) < 4.78 is 5.77. The normalized spacial score (nSPS) is 17.2. The van der Waals surface area contributed by atoms with Crippen LogP contribution >= 0.6 is 0 Å². The standard InChI is InChI=1S/C33H36N2O/c1-3-5-21-36-29-17-15-28(16-18-29)31-20-19-30(32(22-34)33(31)23-35)27-13-11-26(12-14-27)25-9-7-24(6-4-2)8-10-25/h11-20,24-25H,3-10,21H2,1-2H3. The SMILES string of the molecule is CCCCOc1ccc(-c2ccc(-c3ccc(C4CCC(CCC)CC4)cc3)c(C#N)c2C#N)cc1. The van der Waals surface area contributed by atoms with Crippen molar-refractivity contribution >= 4 is 0 Å². The third-order valence-corrected chi connectivity index (χ3v) is 7.60. The van der Waals surface area contributed by atoms with Crippen molar-refractivity contribution in [1.29, 1.82) is 10.5 Å². The summed E-state index contributed by atoms with van der Waals surface area (Å²) in [6, 6.07) is 25.0. The molecule has 36 heavy (non-hydrogen) atoms. The van der Waals surface area contributed by atoms with Crippen LogP contribution in [0.3, 0.4) is 0 Å². The van der Waals surface area contributed by atoms with Gasteiger partial charge in [0.1, 0.15) is 17.9 Å².